The zero-order valence-corrected chi connectivity index (χ0v) is 13.5. The van der Waals surface area contributed by atoms with E-state index in [1.165, 1.54) is 5.56 Å². The van der Waals surface area contributed by atoms with Gasteiger partial charge in [0.05, 0.1) is 12.2 Å². The lowest BCUT2D eigenvalue weighted by atomic mass is 10.1. The molecule has 0 unspecified atom stereocenters. The number of hydrogen-bond acceptors (Lipinski definition) is 3. The minimum atomic E-state index is 0.352. The summed E-state index contributed by atoms with van der Waals surface area (Å²) < 4.78 is 8.14. The predicted octanol–water partition coefficient (Wildman–Crippen LogP) is 3.04. The van der Waals surface area contributed by atoms with Gasteiger partial charge >= 0.3 is 0 Å². The van der Waals surface area contributed by atoms with E-state index in [1.807, 2.05) is 11.6 Å². The minimum absolute atomic E-state index is 0.352. The van der Waals surface area contributed by atoms with Crippen LogP contribution >= 0.6 is 0 Å². The summed E-state index contributed by atoms with van der Waals surface area (Å²) in [6.45, 7) is 8.39. The Morgan fingerprint density at radius 2 is 1.95 bits per heavy atom. The van der Waals surface area contributed by atoms with Crippen molar-refractivity contribution < 1.29 is 4.74 Å². The average molecular weight is 299 g/mol. The Morgan fingerprint density at radius 3 is 2.64 bits per heavy atom. The summed E-state index contributed by atoms with van der Waals surface area (Å²) in [7, 11) is 0. The molecule has 2 heterocycles. The molecule has 0 amide bonds. The molecule has 3 rings (SSSR count). The molecule has 0 aliphatic carbocycles. The van der Waals surface area contributed by atoms with Crippen molar-refractivity contribution in [3.05, 3.63) is 47.8 Å². The zero-order chi connectivity index (χ0) is 15.4. The monoisotopic (exact) mass is 299 g/mol. The van der Waals surface area contributed by atoms with Crippen molar-refractivity contribution in [3.8, 4) is 5.75 Å². The SMILES string of the molecule is Cc1cccc(OC2CCN(CCn3ccc(C)n3)CC2)c1. The number of likely N-dealkylation sites (tertiary alicyclic amines) is 1. The number of hydrogen-bond donors (Lipinski definition) is 0. The van der Waals surface area contributed by atoms with Gasteiger partial charge in [0.1, 0.15) is 11.9 Å². The van der Waals surface area contributed by atoms with E-state index in [0.29, 0.717) is 6.10 Å². The van der Waals surface area contributed by atoms with Gasteiger partial charge in [0.25, 0.3) is 0 Å². The van der Waals surface area contributed by atoms with Crippen LogP contribution in [-0.4, -0.2) is 40.4 Å². The zero-order valence-electron chi connectivity index (χ0n) is 13.5. The molecule has 0 saturated carbocycles. The van der Waals surface area contributed by atoms with Crippen LogP contribution in [0.4, 0.5) is 0 Å². The third kappa shape index (κ3) is 4.10. The maximum Gasteiger partial charge on any atom is 0.119 e. The molecule has 1 fully saturated rings. The van der Waals surface area contributed by atoms with Crippen molar-refractivity contribution >= 4 is 0 Å². The van der Waals surface area contributed by atoms with E-state index in [2.05, 4.69) is 53.5 Å². The molecule has 1 aliphatic heterocycles. The summed E-state index contributed by atoms with van der Waals surface area (Å²) in [5, 5.41) is 4.44. The fourth-order valence-electron chi connectivity index (χ4n) is 2.96. The summed E-state index contributed by atoms with van der Waals surface area (Å²) in [5.41, 5.74) is 2.34. The van der Waals surface area contributed by atoms with Crippen molar-refractivity contribution in [3.63, 3.8) is 0 Å². The fourth-order valence-corrected chi connectivity index (χ4v) is 2.96. The van der Waals surface area contributed by atoms with Gasteiger partial charge in [-0.2, -0.15) is 5.10 Å². The van der Waals surface area contributed by atoms with Crippen LogP contribution < -0.4 is 4.74 Å². The highest BCUT2D eigenvalue weighted by Gasteiger charge is 2.20. The van der Waals surface area contributed by atoms with E-state index in [-0.39, 0.29) is 0 Å². The van der Waals surface area contributed by atoms with Crippen LogP contribution in [0.5, 0.6) is 5.75 Å². The molecule has 1 aromatic carbocycles. The molecular weight excluding hydrogens is 274 g/mol. The molecule has 0 N–H and O–H groups in total. The number of nitrogens with zero attached hydrogens (tertiary/aromatic N) is 3. The molecule has 0 radical (unpaired) electrons. The van der Waals surface area contributed by atoms with Crippen molar-refractivity contribution in [1.82, 2.24) is 14.7 Å². The predicted molar refractivity (Wildman–Crippen MR) is 88.2 cm³/mol. The Hall–Kier alpha value is -1.81. The fraction of sp³-hybridized carbons (Fsp3) is 0.500. The first kappa shape index (κ1) is 15.1. The molecule has 0 bridgehead atoms. The van der Waals surface area contributed by atoms with E-state index in [1.54, 1.807) is 0 Å². The highest BCUT2D eigenvalue weighted by Crippen LogP contribution is 2.19. The smallest absolute Gasteiger partial charge is 0.119 e. The second-order valence-corrected chi connectivity index (χ2v) is 6.20. The van der Waals surface area contributed by atoms with E-state index in [9.17, 15) is 0 Å². The number of rotatable bonds is 5. The van der Waals surface area contributed by atoms with Gasteiger partial charge in [-0.05, 0) is 50.5 Å². The van der Waals surface area contributed by atoms with E-state index in [4.69, 9.17) is 4.74 Å². The van der Waals surface area contributed by atoms with Crippen LogP contribution in [0.3, 0.4) is 0 Å². The number of aromatic nitrogens is 2. The normalized spacial score (nSPS) is 16.8. The number of benzene rings is 1. The molecular formula is C18H25N3O. The number of piperidine rings is 1. The van der Waals surface area contributed by atoms with E-state index >= 15 is 0 Å². The van der Waals surface area contributed by atoms with Gasteiger partial charge in [-0.1, -0.05) is 12.1 Å². The molecule has 0 spiro atoms. The molecule has 22 heavy (non-hydrogen) atoms. The van der Waals surface area contributed by atoms with Crippen LogP contribution in [0, 0.1) is 13.8 Å². The molecule has 4 nitrogen and oxygen atoms in total. The summed E-state index contributed by atoms with van der Waals surface area (Å²) in [6, 6.07) is 10.4. The Morgan fingerprint density at radius 1 is 1.14 bits per heavy atom. The highest BCUT2D eigenvalue weighted by molar-refractivity contribution is 5.27. The maximum absolute atomic E-state index is 6.11. The van der Waals surface area contributed by atoms with Crippen LogP contribution in [-0.2, 0) is 6.54 Å². The Balaban J connectivity index is 1.42. The van der Waals surface area contributed by atoms with Gasteiger partial charge in [-0.25, -0.2) is 0 Å². The third-order valence-electron chi connectivity index (χ3n) is 4.25. The highest BCUT2D eigenvalue weighted by atomic mass is 16.5. The standard InChI is InChI=1S/C18H25N3O/c1-15-4-3-5-18(14-15)22-17-7-9-20(10-8-17)12-13-21-11-6-16(2)19-21/h3-6,11,14,17H,7-10,12-13H2,1-2H3. The molecule has 118 valence electrons. The number of ether oxygens (including phenoxy) is 1. The number of aryl methyl sites for hydroxylation is 2. The molecule has 4 heteroatoms. The Bertz CT molecular complexity index is 600. The molecule has 0 atom stereocenters. The van der Waals surface area contributed by atoms with Crippen molar-refractivity contribution in [2.24, 2.45) is 0 Å². The van der Waals surface area contributed by atoms with Gasteiger partial charge in [0.15, 0.2) is 0 Å². The van der Waals surface area contributed by atoms with E-state index < -0.39 is 0 Å². The third-order valence-corrected chi connectivity index (χ3v) is 4.25. The van der Waals surface area contributed by atoms with Crippen molar-refractivity contribution in [2.45, 2.75) is 39.3 Å². The summed E-state index contributed by atoms with van der Waals surface area (Å²) in [6.07, 6.45) is 4.62. The maximum atomic E-state index is 6.11. The van der Waals surface area contributed by atoms with Gasteiger partial charge < -0.3 is 9.64 Å². The van der Waals surface area contributed by atoms with Crippen molar-refractivity contribution in [1.29, 1.82) is 0 Å². The molecule has 2 aromatic rings. The largest absolute Gasteiger partial charge is 0.490 e. The first-order valence-electron chi connectivity index (χ1n) is 8.15. The summed E-state index contributed by atoms with van der Waals surface area (Å²) in [5.74, 6) is 1.01. The molecule has 1 aliphatic rings. The van der Waals surface area contributed by atoms with Crippen LogP contribution in [0.15, 0.2) is 36.5 Å². The summed E-state index contributed by atoms with van der Waals surface area (Å²) in [4.78, 5) is 2.51. The second-order valence-electron chi connectivity index (χ2n) is 6.20. The Kier molecular flexibility index (Phi) is 4.78. The lowest BCUT2D eigenvalue weighted by Crippen LogP contribution is -2.39. The minimum Gasteiger partial charge on any atom is -0.490 e. The topological polar surface area (TPSA) is 30.3 Å². The lowest BCUT2D eigenvalue weighted by Gasteiger charge is -2.32. The Labute approximate surface area is 132 Å². The molecule has 1 saturated heterocycles. The van der Waals surface area contributed by atoms with Gasteiger partial charge in [0.2, 0.25) is 0 Å². The lowest BCUT2D eigenvalue weighted by molar-refractivity contribution is 0.0979. The first-order valence-corrected chi connectivity index (χ1v) is 8.15. The van der Waals surface area contributed by atoms with Gasteiger partial charge in [0, 0.05) is 25.8 Å². The van der Waals surface area contributed by atoms with Gasteiger partial charge in [-0.3, -0.25) is 4.68 Å². The quantitative estimate of drug-likeness (QED) is 0.850. The second kappa shape index (κ2) is 6.97. The van der Waals surface area contributed by atoms with Gasteiger partial charge in [-0.15, -0.1) is 0 Å². The van der Waals surface area contributed by atoms with E-state index in [0.717, 1.165) is 50.5 Å². The molecule has 1 aromatic heterocycles. The van der Waals surface area contributed by atoms with Crippen LogP contribution in [0.25, 0.3) is 0 Å². The summed E-state index contributed by atoms with van der Waals surface area (Å²) >= 11 is 0. The van der Waals surface area contributed by atoms with Crippen molar-refractivity contribution in [2.75, 3.05) is 19.6 Å². The van der Waals surface area contributed by atoms with Crippen LogP contribution in [0.1, 0.15) is 24.1 Å². The average Bonchev–Trinajstić information content (AvgIpc) is 2.92. The first-order chi connectivity index (χ1) is 10.7. The van der Waals surface area contributed by atoms with Crippen LogP contribution in [0.2, 0.25) is 0 Å².